The second-order valence-corrected chi connectivity index (χ2v) is 13.4. The van der Waals surface area contributed by atoms with Crippen molar-refractivity contribution in [1.29, 1.82) is 0 Å². The number of aliphatic hydroxyl groups excluding tert-OH is 1. The number of esters is 1. The number of rotatable bonds is 13. The van der Waals surface area contributed by atoms with Gasteiger partial charge in [0.05, 0.1) is 39.6 Å². The van der Waals surface area contributed by atoms with E-state index in [1.54, 1.807) is 21.1 Å². The molecule has 0 aromatic heterocycles. The van der Waals surface area contributed by atoms with Crippen molar-refractivity contribution in [3.63, 3.8) is 0 Å². The summed E-state index contributed by atoms with van der Waals surface area (Å²) in [6.07, 6.45) is -0.00934. The van der Waals surface area contributed by atoms with Crippen molar-refractivity contribution in [3.05, 3.63) is 118 Å². The largest absolute Gasteiger partial charge is 0.493 e. The molecule has 53 heavy (non-hydrogen) atoms. The number of amides is 2. The molecule has 0 radical (unpaired) electrons. The first-order chi connectivity index (χ1) is 25.8. The molecule has 6 rings (SSSR count). The van der Waals surface area contributed by atoms with Gasteiger partial charge in [0, 0.05) is 37.7 Å². The number of nitrogens with zero attached hydrogens (tertiary/aromatic N) is 1. The van der Waals surface area contributed by atoms with E-state index in [0.717, 1.165) is 70.9 Å². The fraction of sp³-hybridized carbons (Fsp3) is 0.381. The first-order valence-corrected chi connectivity index (χ1v) is 18.1. The van der Waals surface area contributed by atoms with Crippen LogP contribution in [0.25, 0.3) is 11.1 Å². The maximum Gasteiger partial charge on any atom is 0.325 e. The Hall–Kier alpha value is -4.94. The Balaban J connectivity index is 1.16. The lowest BCUT2D eigenvalue weighted by Crippen LogP contribution is -2.45. The van der Waals surface area contributed by atoms with Crippen LogP contribution in [-0.2, 0) is 45.1 Å². The number of hydrogen-bond donors (Lipinski definition) is 3. The fourth-order valence-corrected chi connectivity index (χ4v) is 6.98. The summed E-state index contributed by atoms with van der Waals surface area (Å²) in [5.41, 5.74) is 8.26. The minimum absolute atomic E-state index is 0.0129. The Kier molecular flexibility index (Phi) is 12.6. The topological polar surface area (TPSA) is 128 Å². The maximum absolute atomic E-state index is 12.2. The van der Waals surface area contributed by atoms with Crippen LogP contribution in [0.3, 0.4) is 0 Å². The number of ether oxygens (including phenoxy) is 5. The first kappa shape index (κ1) is 37.8. The van der Waals surface area contributed by atoms with Gasteiger partial charge in [-0.2, -0.15) is 0 Å². The molecule has 2 amide bonds. The van der Waals surface area contributed by atoms with Gasteiger partial charge in [0.25, 0.3) is 0 Å². The second-order valence-electron chi connectivity index (χ2n) is 13.4. The number of aliphatic hydroxyl groups is 1. The van der Waals surface area contributed by atoms with Crippen molar-refractivity contribution >= 4 is 12.0 Å². The lowest BCUT2D eigenvalue weighted by atomic mass is 9.89. The molecule has 0 spiro atoms. The molecule has 0 bridgehead atoms. The minimum atomic E-state index is -0.585. The molecular formula is C42H49N3O8. The molecule has 1 fully saturated rings. The van der Waals surface area contributed by atoms with Crippen molar-refractivity contribution in [2.24, 2.45) is 5.92 Å². The lowest BCUT2D eigenvalue weighted by molar-refractivity contribution is -0.276. The highest BCUT2D eigenvalue weighted by atomic mass is 16.7. The van der Waals surface area contributed by atoms with E-state index in [1.165, 1.54) is 11.1 Å². The van der Waals surface area contributed by atoms with Crippen molar-refractivity contribution < 1.29 is 38.4 Å². The number of nitrogens with one attached hydrogen (secondary N) is 2. The summed E-state index contributed by atoms with van der Waals surface area (Å²) in [5, 5.41) is 14.9. The normalized spacial score (nSPS) is 19.9. The molecule has 4 atom stereocenters. The molecule has 2 aliphatic rings. The zero-order valence-electron chi connectivity index (χ0n) is 30.8. The Morgan fingerprint density at radius 1 is 0.849 bits per heavy atom. The van der Waals surface area contributed by atoms with Gasteiger partial charge in [-0.05, 0) is 70.5 Å². The zero-order chi connectivity index (χ0) is 37.3. The number of carbonyl (C=O) groups excluding carboxylic acids is 2. The third-order valence-corrected chi connectivity index (χ3v) is 9.95. The molecule has 280 valence electrons. The van der Waals surface area contributed by atoms with Gasteiger partial charge < -0.3 is 39.4 Å². The van der Waals surface area contributed by atoms with Gasteiger partial charge in [-0.15, -0.1) is 0 Å². The molecule has 11 nitrogen and oxygen atoms in total. The van der Waals surface area contributed by atoms with E-state index in [4.69, 9.17) is 23.7 Å². The maximum atomic E-state index is 12.2. The lowest BCUT2D eigenvalue weighted by Gasteiger charge is -2.43. The monoisotopic (exact) mass is 723 g/mol. The van der Waals surface area contributed by atoms with Crippen LogP contribution in [0, 0.1) is 5.92 Å². The van der Waals surface area contributed by atoms with Gasteiger partial charge >= 0.3 is 12.0 Å². The molecule has 1 saturated heterocycles. The number of urea groups is 1. The summed E-state index contributed by atoms with van der Waals surface area (Å²) >= 11 is 0. The van der Waals surface area contributed by atoms with Crippen molar-refractivity contribution in [3.8, 4) is 22.6 Å². The molecule has 11 heteroatoms. The summed E-state index contributed by atoms with van der Waals surface area (Å²) in [6.45, 7) is 6.69. The zero-order valence-corrected chi connectivity index (χ0v) is 30.8. The van der Waals surface area contributed by atoms with E-state index in [-0.39, 0.29) is 37.9 Å². The van der Waals surface area contributed by atoms with Crippen molar-refractivity contribution in [1.82, 2.24) is 15.5 Å². The van der Waals surface area contributed by atoms with E-state index in [2.05, 4.69) is 46.7 Å². The van der Waals surface area contributed by atoms with E-state index >= 15 is 0 Å². The smallest absolute Gasteiger partial charge is 0.325 e. The summed E-state index contributed by atoms with van der Waals surface area (Å²) < 4.78 is 29.5. The van der Waals surface area contributed by atoms with E-state index in [9.17, 15) is 14.7 Å². The predicted octanol–water partition coefficient (Wildman–Crippen LogP) is 6.08. The number of methoxy groups -OCH3 is 2. The van der Waals surface area contributed by atoms with Crippen LogP contribution >= 0.6 is 0 Å². The van der Waals surface area contributed by atoms with Crippen LogP contribution in [0.5, 0.6) is 11.5 Å². The fourth-order valence-electron chi connectivity index (χ4n) is 6.98. The van der Waals surface area contributed by atoms with Gasteiger partial charge in [-0.1, -0.05) is 73.7 Å². The third kappa shape index (κ3) is 9.36. The average molecular weight is 724 g/mol. The van der Waals surface area contributed by atoms with Crippen LogP contribution in [-0.4, -0.2) is 68.6 Å². The first-order valence-electron chi connectivity index (χ1n) is 18.1. The Labute approximate surface area is 311 Å². The summed E-state index contributed by atoms with van der Waals surface area (Å²) in [7, 11) is 3.33. The second kappa shape index (κ2) is 17.7. The highest BCUT2D eigenvalue weighted by Gasteiger charge is 2.39. The van der Waals surface area contributed by atoms with Crippen LogP contribution < -0.4 is 20.1 Å². The molecule has 4 aromatic carbocycles. The van der Waals surface area contributed by atoms with Gasteiger partial charge in [-0.25, -0.2) is 4.79 Å². The van der Waals surface area contributed by atoms with Crippen molar-refractivity contribution in [2.75, 3.05) is 40.5 Å². The SMILES string of the molecule is CCOC(=O)CNC(=O)NCc1cccc(-c2ccc([C@@H]3O[C@H](CN4CCc5cc(OC)c(OC)cc5C4)[C@H](C)[C@H](c4ccc(CO)cc4)O3)cc2)c1. The van der Waals surface area contributed by atoms with E-state index < -0.39 is 18.3 Å². The van der Waals surface area contributed by atoms with E-state index in [0.29, 0.717) is 6.54 Å². The summed E-state index contributed by atoms with van der Waals surface area (Å²) in [4.78, 5) is 26.2. The quantitative estimate of drug-likeness (QED) is 0.141. The third-order valence-electron chi connectivity index (χ3n) is 9.95. The predicted molar refractivity (Wildman–Crippen MR) is 200 cm³/mol. The highest BCUT2D eigenvalue weighted by molar-refractivity contribution is 5.80. The summed E-state index contributed by atoms with van der Waals surface area (Å²) in [5.74, 6) is 1.06. The van der Waals surface area contributed by atoms with Gasteiger partial charge in [0.15, 0.2) is 17.8 Å². The van der Waals surface area contributed by atoms with Crippen LogP contribution in [0.15, 0.2) is 84.9 Å². The van der Waals surface area contributed by atoms with Crippen LogP contribution in [0.4, 0.5) is 4.79 Å². The molecule has 2 aliphatic heterocycles. The Bertz CT molecular complexity index is 1850. The average Bonchev–Trinajstić information content (AvgIpc) is 3.19. The standard InChI is InChI=1S/C42H49N3O8/c1-5-51-39(47)23-44-42(48)43-22-29-7-6-8-33(19-29)30-13-15-32(16-14-30)41-52-38(27(2)40(53-41)31-11-9-28(26-46)10-12-31)25-45-18-17-34-20-36(49-3)37(50-4)21-35(34)24-45/h6-16,19-21,27,38,40-41,46H,5,17-18,22-26H2,1-4H3,(H2,43,44,48)/t27-,38+,40+,41+/m0/s1. The Morgan fingerprint density at radius 3 is 2.26 bits per heavy atom. The summed E-state index contributed by atoms with van der Waals surface area (Å²) in [6, 6.07) is 27.9. The van der Waals surface area contributed by atoms with Crippen molar-refractivity contribution in [2.45, 2.75) is 58.5 Å². The number of hydrogen-bond acceptors (Lipinski definition) is 9. The molecule has 0 saturated carbocycles. The highest BCUT2D eigenvalue weighted by Crippen LogP contribution is 2.43. The van der Waals surface area contributed by atoms with Gasteiger partial charge in [-0.3, -0.25) is 9.69 Å². The van der Waals surface area contributed by atoms with Crippen LogP contribution in [0.2, 0.25) is 0 Å². The van der Waals surface area contributed by atoms with Crippen LogP contribution in [0.1, 0.15) is 59.6 Å². The van der Waals surface area contributed by atoms with Gasteiger partial charge in [0.1, 0.15) is 6.54 Å². The Morgan fingerprint density at radius 2 is 1.57 bits per heavy atom. The number of benzene rings is 4. The molecular weight excluding hydrogens is 674 g/mol. The number of fused-ring (bicyclic) bond motifs is 1. The molecule has 0 aliphatic carbocycles. The van der Waals surface area contributed by atoms with Gasteiger partial charge in [0.2, 0.25) is 0 Å². The molecule has 4 aromatic rings. The molecule has 2 heterocycles. The minimum Gasteiger partial charge on any atom is -0.493 e. The number of carbonyl (C=O) groups is 2. The molecule has 0 unspecified atom stereocenters. The molecule has 3 N–H and O–H groups in total. The van der Waals surface area contributed by atoms with E-state index in [1.807, 2.05) is 60.7 Å².